The lowest BCUT2D eigenvalue weighted by molar-refractivity contribution is -0.158. The number of aliphatic carboxylic acids is 1. The SMILES string of the molecule is CCOc1ccccc1[C@H](CC(=O)N1CCOC[C@H]1C(=O)O)NC(C)=O. The van der Waals surface area contributed by atoms with E-state index in [0.717, 1.165) is 0 Å². The highest BCUT2D eigenvalue weighted by atomic mass is 16.5. The summed E-state index contributed by atoms with van der Waals surface area (Å²) in [6, 6.07) is 5.53. The molecule has 1 aliphatic heterocycles. The normalized spacial score (nSPS) is 18.1. The summed E-state index contributed by atoms with van der Waals surface area (Å²) in [5.41, 5.74) is 0.679. The molecule has 1 aliphatic rings. The zero-order valence-corrected chi connectivity index (χ0v) is 14.9. The molecule has 8 heteroatoms. The quantitative estimate of drug-likeness (QED) is 0.747. The van der Waals surface area contributed by atoms with Crippen molar-refractivity contribution in [1.82, 2.24) is 10.2 Å². The average molecular weight is 364 g/mol. The van der Waals surface area contributed by atoms with E-state index in [1.165, 1.54) is 11.8 Å². The molecule has 2 amide bonds. The first-order valence-electron chi connectivity index (χ1n) is 8.52. The van der Waals surface area contributed by atoms with E-state index < -0.39 is 18.1 Å². The molecule has 1 saturated heterocycles. The van der Waals surface area contributed by atoms with Crippen LogP contribution in [-0.4, -0.2) is 60.2 Å². The van der Waals surface area contributed by atoms with Crippen molar-refractivity contribution in [2.45, 2.75) is 32.4 Å². The van der Waals surface area contributed by atoms with Crippen molar-refractivity contribution >= 4 is 17.8 Å². The van der Waals surface area contributed by atoms with E-state index in [1.807, 2.05) is 13.0 Å². The van der Waals surface area contributed by atoms with Crippen molar-refractivity contribution in [3.8, 4) is 5.75 Å². The van der Waals surface area contributed by atoms with E-state index in [9.17, 15) is 19.5 Å². The maximum Gasteiger partial charge on any atom is 0.328 e. The minimum atomic E-state index is -1.11. The van der Waals surface area contributed by atoms with Gasteiger partial charge in [0.2, 0.25) is 11.8 Å². The number of carboxylic acid groups (broad SMARTS) is 1. The number of carbonyl (C=O) groups excluding carboxylic acids is 2. The molecule has 26 heavy (non-hydrogen) atoms. The lowest BCUT2D eigenvalue weighted by Crippen LogP contribution is -2.53. The number of carboxylic acids is 1. The number of rotatable bonds is 7. The third-order valence-corrected chi connectivity index (χ3v) is 4.08. The molecule has 8 nitrogen and oxygen atoms in total. The zero-order chi connectivity index (χ0) is 19.1. The fourth-order valence-electron chi connectivity index (χ4n) is 2.94. The van der Waals surface area contributed by atoms with Gasteiger partial charge in [-0.2, -0.15) is 0 Å². The van der Waals surface area contributed by atoms with Gasteiger partial charge in [-0.15, -0.1) is 0 Å². The summed E-state index contributed by atoms with van der Waals surface area (Å²) in [5, 5.41) is 12.1. The van der Waals surface area contributed by atoms with Gasteiger partial charge in [-0.3, -0.25) is 9.59 Å². The van der Waals surface area contributed by atoms with Crippen LogP contribution >= 0.6 is 0 Å². The number of benzene rings is 1. The third kappa shape index (κ3) is 4.95. The number of hydrogen-bond acceptors (Lipinski definition) is 5. The van der Waals surface area contributed by atoms with Crippen molar-refractivity contribution in [2.75, 3.05) is 26.4 Å². The van der Waals surface area contributed by atoms with Crippen LogP contribution < -0.4 is 10.1 Å². The molecule has 142 valence electrons. The molecule has 1 fully saturated rings. The number of amides is 2. The highest BCUT2D eigenvalue weighted by Gasteiger charge is 2.34. The van der Waals surface area contributed by atoms with Crippen LogP contribution in [0.1, 0.15) is 31.9 Å². The van der Waals surface area contributed by atoms with Gasteiger partial charge in [0.05, 0.1) is 32.3 Å². The lowest BCUT2D eigenvalue weighted by Gasteiger charge is -2.34. The van der Waals surface area contributed by atoms with E-state index in [4.69, 9.17) is 9.47 Å². The predicted octanol–water partition coefficient (Wildman–Crippen LogP) is 0.965. The van der Waals surface area contributed by atoms with E-state index in [2.05, 4.69) is 5.32 Å². The molecule has 0 saturated carbocycles. The largest absolute Gasteiger partial charge is 0.494 e. The first kappa shape index (κ1) is 19.7. The van der Waals surface area contributed by atoms with Crippen molar-refractivity contribution in [3.05, 3.63) is 29.8 Å². The fourth-order valence-corrected chi connectivity index (χ4v) is 2.94. The maximum absolute atomic E-state index is 12.8. The molecule has 0 aliphatic carbocycles. The van der Waals surface area contributed by atoms with Gasteiger partial charge in [0, 0.05) is 19.0 Å². The number of morpholine rings is 1. The number of ether oxygens (including phenoxy) is 2. The van der Waals surface area contributed by atoms with Crippen molar-refractivity contribution < 1.29 is 29.0 Å². The fraction of sp³-hybridized carbons (Fsp3) is 0.500. The van der Waals surface area contributed by atoms with Crippen LogP contribution in [0.15, 0.2) is 24.3 Å². The molecule has 1 aromatic carbocycles. The minimum Gasteiger partial charge on any atom is -0.494 e. The predicted molar refractivity (Wildman–Crippen MR) is 92.7 cm³/mol. The minimum absolute atomic E-state index is 0.0403. The van der Waals surface area contributed by atoms with Gasteiger partial charge < -0.3 is 24.8 Å². The van der Waals surface area contributed by atoms with Crippen LogP contribution in [0.5, 0.6) is 5.75 Å². The van der Waals surface area contributed by atoms with Crippen LogP contribution in [0, 0.1) is 0 Å². The summed E-state index contributed by atoms with van der Waals surface area (Å²) >= 11 is 0. The van der Waals surface area contributed by atoms with E-state index in [1.54, 1.807) is 18.2 Å². The number of nitrogens with one attached hydrogen (secondary N) is 1. The Morgan fingerprint density at radius 2 is 2.12 bits per heavy atom. The second-order valence-corrected chi connectivity index (χ2v) is 5.94. The van der Waals surface area contributed by atoms with Gasteiger partial charge in [-0.25, -0.2) is 4.79 Å². The number of para-hydroxylation sites is 1. The first-order valence-corrected chi connectivity index (χ1v) is 8.52. The molecule has 2 rings (SSSR count). The zero-order valence-electron chi connectivity index (χ0n) is 14.9. The molecule has 1 heterocycles. The molecule has 1 aromatic rings. The molecular formula is C18H24N2O6. The van der Waals surface area contributed by atoms with Crippen LogP contribution in [0.3, 0.4) is 0 Å². The van der Waals surface area contributed by atoms with E-state index in [-0.39, 0.29) is 38.0 Å². The van der Waals surface area contributed by atoms with E-state index in [0.29, 0.717) is 17.9 Å². The summed E-state index contributed by atoms with van der Waals surface area (Å²) in [5.74, 6) is -1.17. The van der Waals surface area contributed by atoms with Crippen molar-refractivity contribution in [1.29, 1.82) is 0 Å². The van der Waals surface area contributed by atoms with Gasteiger partial charge in [-0.1, -0.05) is 18.2 Å². The van der Waals surface area contributed by atoms with Crippen molar-refractivity contribution in [3.63, 3.8) is 0 Å². The van der Waals surface area contributed by atoms with Crippen LogP contribution in [0.25, 0.3) is 0 Å². The van der Waals surface area contributed by atoms with Gasteiger partial charge in [0.1, 0.15) is 5.75 Å². The molecule has 2 atom stereocenters. The molecule has 0 aromatic heterocycles. The number of carbonyl (C=O) groups is 3. The summed E-state index contributed by atoms with van der Waals surface area (Å²) in [6.45, 7) is 4.12. The Morgan fingerprint density at radius 1 is 1.38 bits per heavy atom. The molecular weight excluding hydrogens is 340 g/mol. The third-order valence-electron chi connectivity index (χ3n) is 4.08. The molecule has 0 bridgehead atoms. The van der Waals surface area contributed by atoms with Crippen LogP contribution in [0.4, 0.5) is 0 Å². The Labute approximate surface area is 152 Å². The molecule has 2 N–H and O–H groups in total. The standard InChI is InChI=1S/C18H24N2O6/c1-3-26-16-7-5-4-6-13(16)14(19-12(2)21)10-17(22)20-8-9-25-11-15(20)18(23)24/h4-7,14-15H,3,8-11H2,1-2H3,(H,19,21)(H,23,24)/t14-,15-/m0/s1. The first-order chi connectivity index (χ1) is 12.4. The smallest absolute Gasteiger partial charge is 0.328 e. The topological polar surface area (TPSA) is 105 Å². The summed E-state index contributed by atoms with van der Waals surface area (Å²) in [7, 11) is 0. The van der Waals surface area contributed by atoms with Gasteiger partial charge in [0.15, 0.2) is 6.04 Å². The summed E-state index contributed by atoms with van der Waals surface area (Å²) in [6.07, 6.45) is -0.0621. The van der Waals surface area contributed by atoms with Crippen LogP contribution in [-0.2, 0) is 19.1 Å². The van der Waals surface area contributed by atoms with Gasteiger partial charge in [0.25, 0.3) is 0 Å². The molecule has 0 spiro atoms. The monoisotopic (exact) mass is 364 g/mol. The number of nitrogens with zero attached hydrogens (tertiary/aromatic N) is 1. The number of hydrogen-bond donors (Lipinski definition) is 2. The lowest BCUT2D eigenvalue weighted by atomic mass is 10.0. The highest BCUT2D eigenvalue weighted by molar-refractivity contribution is 5.85. The second-order valence-electron chi connectivity index (χ2n) is 5.94. The Morgan fingerprint density at radius 3 is 2.77 bits per heavy atom. The Kier molecular flexibility index (Phi) is 6.97. The van der Waals surface area contributed by atoms with Crippen LogP contribution in [0.2, 0.25) is 0 Å². The Bertz CT molecular complexity index is 663. The highest BCUT2D eigenvalue weighted by Crippen LogP contribution is 2.28. The second kappa shape index (κ2) is 9.19. The van der Waals surface area contributed by atoms with Gasteiger partial charge in [-0.05, 0) is 13.0 Å². The Hall–Kier alpha value is -2.61. The molecule has 0 radical (unpaired) electrons. The average Bonchev–Trinajstić information content (AvgIpc) is 2.61. The summed E-state index contributed by atoms with van der Waals surface area (Å²) < 4.78 is 10.8. The van der Waals surface area contributed by atoms with Crippen molar-refractivity contribution in [2.24, 2.45) is 0 Å². The Balaban J connectivity index is 2.23. The molecule has 0 unspecified atom stereocenters. The summed E-state index contributed by atoms with van der Waals surface area (Å²) in [4.78, 5) is 37.1. The maximum atomic E-state index is 12.8. The van der Waals surface area contributed by atoms with Gasteiger partial charge >= 0.3 is 5.97 Å². The van der Waals surface area contributed by atoms with E-state index >= 15 is 0 Å².